The number of likely N-dealkylation sites (N-methyl/N-ethyl adjacent to an activating group) is 1. The highest BCUT2D eigenvalue weighted by Gasteiger charge is 2.45. The zero-order valence-electron chi connectivity index (χ0n) is 13.5. The first kappa shape index (κ1) is 16.1. The van der Waals surface area contributed by atoms with Gasteiger partial charge >= 0.3 is 0 Å². The molecule has 2 amide bonds. The number of nitrogens with two attached hydrogens (primary N) is 1. The molecule has 0 unspecified atom stereocenters. The minimum absolute atomic E-state index is 0.123. The van der Waals surface area contributed by atoms with Gasteiger partial charge in [0.2, 0.25) is 0 Å². The minimum atomic E-state index is -1.54. The van der Waals surface area contributed by atoms with Crippen molar-refractivity contribution in [1.29, 1.82) is 0 Å². The van der Waals surface area contributed by atoms with E-state index in [-0.39, 0.29) is 11.6 Å². The van der Waals surface area contributed by atoms with Crippen molar-refractivity contribution in [2.75, 3.05) is 13.6 Å². The summed E-state index contributed by atoms with van der Waals surface area (Å²) < 4.78 is 0. The number of carbonyl (C=O) groups is 2. The van der Waals surface area contributed by atoms with Gasteiger partial charge in [-0.25, -0.2) is 9.97 Å². The van der Waals surface area contributed by atoms with Crippen LogP contribution in [0.15, 0.2) is 30.3 Å². The Balaban J connectivity index is 2.06. The summed E-state index contributed by atoms with van der Waals surface area (Å²) in [4.78, 5) is 33.6. The van der Waals surface area contributed by atoms with E-state index in [2.05, 4.69) is 9.97 Å². The van der Waals surface area contributed by atoms with E-state index in [0.29, 0.717) is 35.6 Å². The van der Waals surface area contributed by atoms with Crippen LogP contribution in [-0.2, 0) is 10.4 Å². The molecule has 1 atom stereocenters. The molecule has 2 heterocycles. The lowest BCUT2D eigenvalue weighted by Crippen LogP contribution is -2.36. The summed E-state index contributed by atoms with van der Waals surface area (Å²) in [6.45, 7) is 2.23. The Morgan fingerprint density at radius 1 is 1.33 bits per heavy atom. The molecule has 1 aromatic carbocycles. The lowest BCUT2D eigenvalue weighted by atomic mass is 9.91. The van der Waals surface area contributed by atoms with Crippen LogP contribution < -0.4 is 5.73 Å². The van der Waals surface area contributed by atoms with E-state index >= 15 is 0 Å². The fourth-order valence-electron chi connectivity index (χ4n) is 2.86. The molecule has 24 heavy (non-hydrogen) atoms. The summed E-state index contributed by atoms with van der Waals surface area (Å²) in [7, 11) is 1.66. The Kier molecular flexibility index (Phi) is 3.81. The minimum Gasteiger partial charge on any atom is -0.375 e. The standard InChI is InChI=1S/C17H18N4O3/c1-10-8-13(14(18)22)20-15(19-10)11-4-3-5-12(9-11)17(24)6-7-21(2)16(17)23/h3-5,8-9,24H,6-7H2,1-2H3,(H2,18,22)/t17-/m1/s1. The molecule has 1 fully saturated rings. The van der Waals surface area contributed by atoms with Crippen LogP contribution in [0.5, 0.6) is 0 Å². The molecule has 0 radical (unpaired) electrons. The second kappa shape index (κ2) is 5.68. The van der Waals surface area contributed by atoms with Gasteiger partial charge in [-0.1, -0.05) is 18.2 Å². The number of hydrogen-bond acceptors (Lipinski definition) is 5. The fourth-order valence-corrected chi connectivity index (χ4v) is 2.86. The van der Waals surface area contributed by atoms with Gasteiger partial charge in [0.15, 0.2) is 11.4 Å². The van der Waals surface area contributed by atoms with Crippen LogP contribution in [-0.4, -0.2) is 45.4 Å². The second-order valence-corrected chi connectivity index (χ2v) is 6.00. The highest BCUT2D eigenvalue weighted by atomic mass is 16.3. The Labute approximate surface area is 139 Å². The highest BCUT2D eigenvalue weighted by molar-refractivity contribution is 5.91. The number of carbonyl (C=O) groups excluding carboxylic acids is 2. The van der Waals surface area contributed by atoms with Gasteiger partial charge in [-0.15, -0.1) is 0 Å². The van der Waals surface area contributed by atoms with Crippen LogP contribution in [0, 0.1) is 6.92 Å². The van der Waals surface area contributed by atoms with Crippen molar-refractivity contribution < 1.29 is 14.7 Å². The summed E-state index contributed by atoms with van der Waals surface area (Å²) in [6, 6.07) is 8.38. The highest BCUT2D eigenvalue weighted by Crippen LogP contribution is 2.34. The van der Waals surface area contributed by atoms with Gasteiger partial charge in [-0.05, 0) is 24.6 Å². The van der Waals surface area contributed by atoms with Crippen LogP contribution >= 0.6 is 0 Å². The number of rotatable bonds is 3. The van der Waals surface area contributed by atoms with Gasteiger partial charge in [0.25, 0.3) is 11.8 Å². The maximum absolute atomic E-state index is 12.3. The molecular weight excluding hydrogens is 308 g/mol. The van der Waals surface area contributed by atoms with E-state index in [1.165, 1.54) is 11.0 Å². The van der Waals surface area contributed by atoms with Crippen LogP contribution in [0.2, 0.25) is 0 Å². The van der Waals surface area contributed by atoms with Gasteiger partial charge in [0, 0.05) is 31.3 Å². The molecule has 7 heteroatoms. The molecule has 0 bridgehead atoms. The third-order valence-corrected chi connectivity index (χ3v) is 4.21. The smallest absolute Gasteiger partial charge is 0.267 e. The SMILES string of the molecule is Cc1cc(C(N)=O)nc(-c2cccc([C@]3(O)CCN(C)C3=O)c2)n1. The van der Waals surface area contributed by atoms with Gasteiger partial charge in [0.1, 0.15) is 5.69 Å². The van der Waals surface area contributed by atoms with E-state index in [1.54, 1.807) is 38.2 Å². The van der Waals surface area contributed by atoms with Crippen molar-refractivity contribution in [1.82, 2.24) is 14.9 Å². The molecule has 0 aliphatic carbocycles. The predicted molar refractivity (Wildman–Crippen MR) is 86.9 cm³/mol. The number of nitrogens with zero attached hydrogens (tertiary/aromatic N) is 3. The predicted octanol–water partition coefficient (Wildman–Crippen LogP) is 0.601. The third-order valence-electron chi connectivity index (χ3n) is 4.21. The van der Waals surface area contributed by atoms with Crippen LogP contribution in [0.3, 0.4) is 0 Å². The summed E-state index contributed by atoms with van der Waals surface area (Å²) >= 11 is 0. The molecule has 0 saturated carbocycles. The van der Waals surface area contributed by atoms with Gasteiger partial charge in [-0.3, -0.25) is 9.59 Å². The van der Waals surface area contributed by atoms with Gasteiger partial charge < -0.3 is 15.7 Å². The normalized spacial score (nSPS) is 20.5. The summed E-state index contributed by atoms with van der Waals surface area (Å²) in [5.41, 5.74) is 5.58. The first-order chi connectivity index (χ1) is 11.3. The molecule has 3 rings (SSSR count). The van der Waals surface area contributed by atoms with Crippen molar-refractivity contribution in [3.63, 3.8) is 0 Å². The second-order valence-electron chi connectivity index (χ2n) is 6.00. The zero-order chi connectivity index (χ0) is 17.5. The van der Waals surface area contributed by atoms with Crippen molar-refractivity contribution >= 4 is 11.8 Å². The molecule has 1 saturated heterocycles. The molecule has 0 spiro atoms. The fraction of sp³-hybridized carbons (Fsp3) is 0.294. The molecule has 2 aromatic rings. The number of hydrogen-bond donors (Lipinski definition) is 2. The number of benzene rings is 1. The quantitative estimate of drug-likeness (QED) is 0.858. The Morgan fingerprint density at radius 3 is 2.71 bits per heavy atom. The lowest BCUT2D eigenvalue weighted by Gasteiger charge is -2.21. The average molecular weight is 326 g/mol. The first-order valence-corrected chi connectivity index (χ1v) is 7.55. The molecule has 3 N–H and O–H groups in total. The Morgan fingerprint density at radius 2 is 2.08 bits per heavy atom. The van der Waals surface area contributed by atoms with E-state index < -0.39 is 11.5 Å². The summed E-state index contributed by atoms with van der Waals surface area (Å²) in [5.74, 6) is -0.639. The first-order valence-electron chi connectivity index (χ1n) is 7.55. The largest absolute Gasteiger partial charge is 0.375 e. The van der Waals surface area contributed by atoms with Crippen LogP contribution in [0.4, 0.5) is 0 Å². The Bertz CT molecular complexity index is 836. The number of aromatic nitrogens is 2. The average Bonchev–Trinajstić information content (AvgIpc) is 2.83. The molecule has 1 aromatic heterocycles. The molecular formula is C17H18N4O3. The van der Waals surface area contributed by atoms with E-state index in [1.807, 2.05) is 0 Å². The summed E-state index contributed by atoms with van der Waals surface area (Å²) in [6.07, 6.45) is 0.326. The monoisotopic (exact) mass is 326 g/mol. The number of primary amides is 1. The molecule has 1 aliphatic rings. The van der Waals surface area contributed by atoms with E-state index in [0.717, 1.165) is 0 Å². The number of aliphatic hydroxyl groups is 1. The van der Waals surface area contributed by atoms with E-state index in [9.17, 15) is 14.7 Å². The number of aryl methyl sites for hydroxylation is 1. The van der Waals surface area contributed by atoms with Crippen LogP contribution in [0.1, 0.15) is 28.2 Å². The maximum Gasteiger partial charge on any atom is 0.267 e. The van der Waals surface area contributed by atoms with Crippen molar-refractivity contribution in [3.05, 3.63) is 47.3 Å². The number of amides is 2. The maximum atomic E-state index is 12.3. The molecule has 1 aliphatic heterocycles. The van der Waals surface area contributed by atoms with Gasteiger partial charge in [0.05, 0.1) is 0 Å². The summed E-state index contributed by atoms with van der Waals surface area (Å²) in [5, 5.41) is 10.8. The topological polar surface area (TPSA) is 109 Å². The molecule has 7 nitrogen and oxygen atoms in total. The van der Waals surface area contributed by atoms with Gasteiger partial charge in [-0.2, -0.15) is 0 Å². The third kappa shape index (κ3) is 2.63. The molecule has 124 valence electrons. The van der Waals surface area contributed by atoms with Crippen molar-refractivity contribution in [3.8, 4) is 11.4 Å². The number of likely N-dealkylation sites (tertiary alicyclic amines) is 1. The van der Waals surface area contributed by atoms with Crippen molar-refractivity contribution in [2.45, 2.75) is 18.9 Å². The lowest BCUT2D eigenvalue weighted by molar-refractivity contribution is -0.143. The zero-order valence-corrected chi connectivity index (χ0v) is 13.5. The van der Waals surface area contributed by atoms with Crippen molar-refractivity contribution in [2.24, 2.45) is 5.73 Å². The van der Waals surface area contributed by atoms with E-state index in [4.69, 9.17) is 5.73 Å². The van der Waals surface area contributed by atoms with Crippen LogP contribution in [0.25, 0.3) is 11.4 Å². The Hall–Kier alpha value is -2.80.